The minimum atomic E-state index is -3.25. The predicted octanol–water partition coefficient (Wildman–Crippen LogP) is 1.39. The Labute approximate surface area is 113 Å². The summed E-state index contributed by atoms with van der Waals surface area (Å²) in [6, 6.07) is 4.66. The Bertz CT molecular complexity index is 563. The number of hydrogen-bond acceptors (Lipinski definition) is 5. The van der Waals surface area contributed by atoms with Gasteiger partial charge in [0.25, 0.3) is 0 Å². The summed E-state index contributed by atoms with van der Waals surface area (Å²) in [5.41, 5.74) is 6.66. The van der Waals surface area contributed by atoms with E-state index in [1.54, 1.807) is 6.07 Å². The zero-order valence-electron chi connectivity index (χ0n) is 11.0. The van der Waals surface area contributed by atoms with Crippen molar-refractivity contribution in [1.29, 1.82) is 0 Å². The van der Waals surface area contributed by atoms with E-state index in [1.165, 1.54) is 12.1 Å². The molecule has 106 valence electrons. The van der Waals surface area contributed by atoms with Crippen molar-refractivity contribution in [3.8, 4) is 0 Å². The van der Waals surface area contributed by atoms with Crippen LogP contribution in [0.5, 0.6) is 0 Å². The maximum absolute atomic E-state index is 11.4. The molecule has 1 aromatic carbocycles. The summed E-state index contributed by atoms with van der Waals surface area (Å²) in [6.45, 7) is 0.0558. The highest BCUT2D eigenvalue weighted by Crippen LogP contribution is 2.35. The first kappa shape index (κ1) is 14.1. The van der Waals surface area contributed by atoms with E-state index in [9.17, 15) is 13.5 Å². The highest BCUT2D eigenvalue weighted by atomic mass is 32.2. The van der Waals surface area contributed by atoms with Crippen LogP contribution in [0.2, 0.25) is 0 Å². The second-order valence-corrected chi connectivity index (χ2v) is 7.31. The van der Waals surface area contributed by atoms with E-state index >= 15 is 0 Å². The molecule has 6 heteroatoms. The number of hydrogen-bond donors (Lipinski definition) is 3. The van der Waals surface area contributed by atoms with Gasteiger partial charge in [-0.25, -0.2) is 8.42 Å². The van der Waals surface area contributed by atoms with Crippen LogP contribution in [0.25, 0.3) is 0 Å². The van der Waals surface area contributed by atoms with E-state index < -0.39 is 9.84 Å². The largest absolute Gasteiger partial charge is 0.397 e. The molecule has 2 rings (SSSR count). The topological polar surface area (TPSA) is 92.4 Å². The van der Waals surface area contributed by atoms with E-state index in [0.29, 0.717) is 11.4 Å². The van der Waals surface area contributed by atoms with Gasteiger partial charge in [0, 0.05) is 6.26 Å². The van der Waals surface area contributed by atoms with Crippen molar-refractivity contribution in [2.75, 3.05) is 23.9 Å². The number of rotatable bonds is 4. The number of aliphatic hydroxyl groups excluding tert-OH is 1. The normalized spacial score (nSPS) is 18.4. The summed E-state index contributed by atoms with van der Waals surface area (Å²) >= 11 is 0. The van der Waals surface area contributed by atoms with E-state index in [1.807, 2.05) is 0 Å². The smallest absolute Gasteiger partial charge is 0.175 e. The van der Waals surface area contributed by atoms with Crippen LogP contribution < -0.4 is 11.1 Å². The second-order valence-electron chi connectivity index (χ2n) is 5.29. The molecule has 0 heterocycles. The lowest BCUT2D eigenvalue weighted by Gasteiger charge is -2.30. The van der Waals surface area contributed by atoms with E-state index in [0.717, 1.165) is 31.9 Å². The average Bonchev–Trinajstić information content (AvgIpc) is 2.80. The molecule has 0 unspecified atom stereocenters. The molecule has 0 bridgehead atoms. The molecule has 1 aliphatic rings. The molecular formula is C13H20N2O3S. The Balaban J connectivity index is 2.27. The van der Waals surface area contributed by atoms with Crippen molar-refractivity contribution in [3.63, 3.8) is 0 Å². The third-order valence-electron chi connectivity index (χ3n) is 3.71. The fourth-order valence-electron chi connectivity index (χ4n) is 2.55. The molecule has 0 radical (unpaired) electrons. The van der Waals surface area contributed by atoms with Gasteiger partial charge in [-0.1, -0.05) is 12.8 Å². The van der Waals surface area contributed by atoms with Crippen LogP contribution in [0.1, 0.15) is 25.7 Å². The number of nitrogens with two attached hydrogens (primary N) is 1. The summed E-state index contributed by atoms with van der Waals surface area (Å²) in [7, 11) is -3.25. The molecule has 0 spiro atoms. The standard InChI is InChI=1S/C13H20N2O3S/c1-19(17,18)10-4-5-12(11(14)8-10)15-13(9-16)6-2-3-7-13/h4-5,8,15-16H,2-3,6-7,9,14H2,1H3. The van der Waals surface area contributed by atoms with Gasteiger partial charge in [-0.3, -0.25) is 0 Å². The molecule has 1 fully saturated rings. The van der Waals surface area contributed by atoms with Crippen molar-refractivity contribution in [2.24, 2.45) is 0 Å². The van der Waals surface area contributed by atoms with Crippen molar-refractivity contribution < 1.29 is 13.5 Å². The number of anilines is 2. The Morgan fingerprint density at radius 3 is 2.47 bits per heavy atom. The summed E-state index contributed by atoms with van der Waals surface area (Å²) in [6.07, 6.45) is 5.11. The second kappa shape index (κ2) is 5.02. The lowest BCUT2D eigenvalue weighted by molar-refractivity contribution is 0.214. The third kappa shape index (κ3) is 3.01. The summed E-state index contributed by atoms with van der Waals surface area (Å²) in [5, 5.41) is 12.8. The minimum absolute atomic E-state index is 0.0558. The van der Waals surface area contributed by atoms with Crippen LogP contribution in [0.4, 0.5) is 11.4 Å². The fraction of sp³-hybridized carbons (Fsp3) is 0.538. The average molecular weight is 284 g/mol. The van der Waals surface area contributed by atoms with Crippen LogP contribution in [-0.2, 0) is 9.84 Å². The Hall–Kier alpha value is -1.27. The maximum atomic E-state index is 11.4. The van der Waals surface area contributed by atoms with Gasteiger partial charge < -0.3 is 16.2 Å². The molecule has 5 nitrogen and oxygen atoms in total. The number of benzene rings is 1. The van der Waals surface area contributed by atoms with Crippen LogP contribution >= 0.6 is 0 Å². The van der Waals surface area contributed by atoms with Gasteiger partial charge >= 0.3 is 0 Å². The molecule has 0 aliphatic heterocycles. The van der Waals surface area contributed by atoms with Gasteiger partial charge in [0.1, 0.15) is 0 Å². The summed E-state index contributed by atoms with van der Waals surface area (Å²) in [5.74, 6) is 0. The first-order valence-corrected chi connectivity index (χ1v) is 8.24. The van der Waals surface area contributed by atoms with Gasteiger partial charge in [0.05, 0.1) is 28.4 Å². The molecule has 0 atom stereocenters. The molecule has 0 amide bonds. The fourth-order valence-corrected chi connectivity index (χ4v) is 3.20. The van der Waals surface area contributed by atoms with Gasteiger partial charge in [-0.05, 0) is 31.0 Å². The highest BCUT2D eigenvalue weighted by molar-refractivity contribution is 7.90. The van der Waals surface area contributed by atoms with Crippen molar-refractivity contribution >= 4 is 21.2 Å². The third-order valence-corrected chi connectivity index (χ3v) is 4.82. The van der Waals surface area contributed by atoms with E-state index in [2.05, 4.69) is 5.32 Å². The van der Waals surface area contributed by atoms with Crippen molar-refractivity contribution in [1.82, 2.24) is 0 Å². The van der Waals surface area contributed by atoms with Gasteiger partial charge in [0.15, 0.2) is 9.84 Å². The number of sulfone groups is 1. The van der Waals surface area contributed by atoms with Crippen LogP contribution in [-0.4, -0.2) is 31.9 Å². The highest BCUT2D eigenvalue weighted by Gasteiger charge is 2.33. The van der Waals surface area contributed by atoms with Crippen molar-refractivity contribution in [3.05, 3.63) is 18.2 Å². The molecule has 4 N–H and O–H groups in total. The number of nitrogens with one attached hydrogen (secondary N) is 1. The lowest BCUT2D eigenvalue weighted by atomic mass is 9.98. The minimum Gasteiger partial charge on any atom is -0.397 e. The van der Waals surface area contributed by atoms with Crippen LogP contribution in [0.3, 0.4) is 0 Å². The van der Waals surface area contributed by atoms with Crippen LogP contribution in [0, 0.1) is 0 Å². The molecule has 1 aliphatic carbocycles. The van der Waals surface area contributed by atoms with E-state index in [-0.39, 0.29) is 17.0 Å². The molecular weight excluding hydrogens is 264 g/mol. The van der Waals surface area contributed by atoms with Gasteiger partial charge in [-0.15, -0.1) is 0 Å². The lowest BCUT2D eigenvalue weighted by Crippen LogP contribution is -2.39. The first-order valence-electron chi connectivity index (χ1n) is 6.35. The first-order chi connectivity index (χ1) is 8.86. The summed E-state index contributed by atoms with van der Waals surface area (Å²) < 4.78 is 22.9. The van der Waals surface area contributed by atoms with Crippen molar-refractivity contribution in [2.45, 2.75) is 36.1 Å². The predicted molar refractivity (Wildman–Crippen MR) is 75.9 cm³/mol. The molecule has 1 aromatic rings. The van der Waals surface area contributed by atoms with E-state index in [4.69, 9.17) is 5.73 Å². The monoisotopic (exact) mass is 284 g/mol. The Kier molecular flexibility index (Phi) is 3.73. The zero-order valence-corrected chi connectivity index (χ0v) is 11.8. The zero-order chi connectivity index (χ0) is 14.1. The number of nitrogen functional groups attached to an aromatic ring is 1. The number of aliphatic hydroxyl groups is 1. The molecule has 0 saturated heterocycles. The maximum Gasteiger partial charge on any atom is 0.175 e. The molecule has 19 heavy (non-hydrogen) atoms. The van der Waals surface area contributed by atoms with Gasteiger partial charge in [0.2, 0.25) is 0 Å². The Morgan fingerprint density at radius 2 is 2.00 bits per heavy atom. The quantitative estimate of drug-likeness (QED) is 0.727. The van der Waals surface area contributed by atoms with Crippen LogP contribution in [0.15, 0.2) is 23.1 Å². The van der Waals surface area contributed by atoms with Gasteiger partial charge in [-0.2, -0.15) is 0 Å². The Morgan fingerprint density at radius 1 is 1.37 bits per heavy atom. The molecule has 0 aromatic heterocycles. The summed E-state index contributed by atoms with van der Waals surface area (Å²) in [4.78, 5) is 0.208. The SMILES string of the molecule is CS(=O)(=O)c1ccc(NC2(CO)CCCC2)c(N)c1. The molecule has 1 saturated carbocycles.